The summed E-state index contributed by atoms with van der Waals surface area (Å²) in [5, 5.41) is 2.97. The van der Waals surface area contributed by atoms with Crippen molar-refractivity contribution in [1.82, 2.24) is 10.3 Å². The van der Waals surface area contributed by atoms with E-state index in [1.165, 1.54) is 0 Å². The van der Waals surface area contributed by atoms with E-state index in [0.717, 1.165) is 11.3 Å². The van der Waals surface area contributed by atoms with Crippen molar-refractivity contribution < 1.29 is 14.3 Å². The molecule has 0 aliphatic heterocycles. The number of nitrogens with one attached hydrogen (secondary N) is 1. The standard InChI is InChI=1S/C30H29N3O3/c1-21(22-11-3-2-4-12-22)36-30(35)28(31)26-16-7-5-14-24(26)25-15-6-8-17-27(25)29(34)33-20-18-23-13-9-10-19-32-23/h2-17,19,21,28H,18,20,31H2,1H3,(H,33,34). The van der Waals surface area contributed by atoms with Crippen molar-refractivity contribution in [1.29, 1.82) is 0 Å². The van der Waals surface area contributed by atoms with Gasteiger partial charge in [-0.15, -0.1) is 0 Å². The molecule has 1 aromatic heterocycles. The molecule has 36 heavy (non-hydrogen) atoms. The SMILES string of the molecule is CC(OC(=O)C(N)c1ccccc1-c1ccccc1C(=O)NCCc1ccccn1)c1ccccc1. The number of amides is 1. The highest BCUT2D eigenvalue weighted by Gasteiger charge is 2.24. The van der Waals surface area contributed by atoms with Gasteiger partial charge >= 0.3 is 5.97 Å². The summed E-state index contributed by atoms with van der Waals surface area (Å²) in [6, 6.07) is 28.8. The molecule has 3 N–H and O–H groups in total. The van der Waals surface area contributed by atoms with E-state index in [0.29, 0.717) is 35.2 Å². The van der Waals surface area contributed by atoms with Crippen molar-refractivity contribution in [3.63, 3.8) is 0 Å². The zero-order chi connectivity index (χ0) is 25.3. The van der Waals surface area contributed by atoms with Crippen LogP contribution < -0.4 is 11.1 Å². The second-order valence-corrected chi connectivity index (χ2v) is 8.43. The molecule has 6 nitrogen and oxygen atoms in total. The number of hydrogen-bond donors (Lipinski definition) is 2. The van der Waals surface area contributed by atoms with Gasteiger partial charge in [-0.2, -0.15) is 0 Å². The van der Waals surface area contributed by atoms with Crippen LogP contribution in [0, 0.1) is 0 Å². The van der Waals surface area contributed by atoms with Gasteiger partial charge in [0.25, 0.3) is 5.91 Å². The first-order chi connectivity index (χ1) is 17.5. The van der Waals surface area contributed by atoms with Crippen LogP contribution in [-0.4, -0.2) is 23.4 Å². The highest BCUT2D eigenvalue weighted by Crippen LogP contribution is 2.31. The fraction of sp³-hybridized carbons (Fsp3) is 0.167. The Kier molecular flexibility index (Phi) is 8.21. The largest absolute Gasteiger partial charge is 0.456 e. The molecule has 3 aromatic carbocycles. The molecule has 6 heteroatoms. The Balaban J connectivity index is 1.52. The number of hydrogen-bond acceptors (Lipinski definition) is 5. The Morgan fingerprint density at radius 2 is 1.53 bits per heavy atom. The van der Waals surface area contributed by atoms with Gasteiger partial charge in [0.2, 0.25) is 0 Å². The lowest BCUT2D eigenvalue weighted by molar-refractivity contribution is -0.150. The second-order valence-electron chi connectivity index (χ2n) is 8.43. The van der Waals surface area contributed by atoms with Gasteiger partial charge in [0, 0.05) is 30.4 Å². The van der Waals surface area contributed by atoms with Gasteiger partial charge in [-0.3, -0.25) is 9.78 Å². The molecule has 0 saturated carbocycles. The quantitative estimate of drug-likeness (QED) is 0.329. The lowest BCUT2D eigenvalue weighted by Gasteiger charge is -2.20. The van der Waals surface area contributed by atoms with Crippen LogP contribution in [0.2, 0.25) is 0 Å². The fourth-order valence-corrected chi connectivity index (χ4v) is 4.04. The van der Waals surface area contributed by atoms with Crippen LogP contribution >= 0.6 is 0 Å². The predicted octanol–water partition coefficient (Wildman–Crippen LogP) is 5.03. The van der Waals surface area contributed by atoms with Crippen molar-refractivity contribution in [2.75, 3.05) is 6.54 Å². The van der Waals surface area contributed by atoms with Gasteiger partial charge in [0.15, 0.2) is 0 Å². The Morgan fingerprint density at radius 3 is 2.28 bits per heavy atom. The first-order valence-corrected chi connectivity index (χ1v) is 11.9. The Bertz CT molecular complexity index is 1310. The number of nitrogens with zero attached hydrogens (tertiary/aromatic N) is 1. The summed E-state index contributed by atoms with van der Waals surface area (Å²) in [6.07, 6.45) is 1.92. The summed E-state index contributed by atoms with van der Waals surface area (Å²) in [5.41, 5.74) is 10.7. The number of aromatic nitrogens is 1. The van der Waals surface area contributed by atoms with E-state index in [1.807, 2.05) is 91.9 Å². The molecule has 1 amide bonds. The smallest absolute Gasteiger partial charge is 0.328 e. The number of benzene rings is 3. The van der Waals surface area contributed by atoms with Gasteiger partial charge in [-0.1, -0.05) is 78.9 Å². The van der Waals surface area contributed by atoms with Crippen molar-refractivity contribution in [2.24, 2.45) is 5.73 Å². The molecular formula is C30H29N3O3. The minimum absolute atomic E-state index is 0.204. The van der Waals surface area contributed by atoms with Gasteiger partial charge in [0.05, 0.1) is 0 Å². The second kappa shape index (κ2) is 11.9. The first-order valence-electron chi connectivity index (χ1n) is 11.9. The van der Waals surface area contributed by atoms with Crippen LogP contribution in [0.15, 0.2) is 103 Å². The fourth-order valence-electron chi connectivity index (χ4n) is 4.04. The molecule has 0 bridgehead atoms. The number of ether oxygens (including phenoxy) is 1. The van der Waals surface area contributed by atoms with Crippen molar-refractivity contribution in [3.05, 3.63) is 126 Å². The minimum Gasteiger partial charge on any atom is -0.456 e. The summed E-state index contributed by atoms with van der Waals surface area (Å²) < 4.78 is 5.67. The maximum absolute atomic E-state index is 13.1. The number of rotatable bonds is 9. The molecule has 0 saturated heterocycles. The van der Waals surface area contributed by atoms with Crippen LogP contribution in [0.4, 0.5) is 0 Å². The van der Waals surface area contributed by atoms with E-state index in [4.69, 9.17) is 10.5 Å². The Labute approximate surface area is 211 Å². The van der Waals surface area contributed by atoms with E-state index in [-0.39, 0.29) is 5.91 Å². The molecule has 182 valence electrons. The summed E-state index contributed by atoms with van der Waals surface area (Å²) in [7, 11) is 0. The number of pyridine rings is 1. The third kappa shape index (κ3) is 6.03. The highest BCUT2D eigenvalue weighted by atomic mass is 16.5. The van der Waals surface area contributed by atoms with Crippen molar-refractivity contribution in [2.45, 2.75) is 25.5 Å². The topological polar surface area (TPSA) is 94.3 Å². The van der Waals surface area contributed by atoms with Gasteiger partial charge in [0.1, 0.15) is 12.1 Å². The predicted molar refractivity (Wildman–Crippen MR) is 140 cm³/mol. The molecule has 0 spiro atoms. The monoisotopic (exact) mass is 479 g/mol. The van der Waals surface area contributed by atoms with E-state index >= 15 is 0 Å². The average Bonchev–Trinajstić information content (AvgIpc) is 2.93. The highest BCUT2D eigenvalue weighted by molar-refractivity contribution is 6.01. The Hall–Kier alpha value is -4.29. The Morgan fingerprint density at radius 1 is 0.861 bits per heavy atom. The number of carbonyl (C=O) groups is 2. The molecule has 0 fully saturated rings. The third-order valence-corrected chi connectivity index (χ3v) is 5.97. The zero-order valence-electron chi connectivity index (χ0n) is 20.1. The number of esters is 1. The molecule has 0 radical (unpaired) electrons. The van der Waals surface area contributed by atoms with Crippen LogP contribution in [0.25, 0.3) is 11.1 Å². The molecule has 4 rings (SSSR count). The molecule has 0 aliphatic carbocycles. The lowest BCUT2D eigenvalue weighted by Crippen LogP contribution is -2.27. The van der Waals surface area contributed by atoms with Crippen molar-refractivity contribution in [3.8, 4) is 11.1 Å². The maximum atomic E-state index is 13.1. The van der Waals surface area contributed by atoms with Gasteiger partial charge in [-0.05, 0) is 47.4 Å². The molecular weight excluding hydrogens is 450 g/mol. The van der Waals surface area contributed by atoms with Gasteiger partial charge < -0.3 is 15.8 Å². The van der Waals surface area contributed by atoms with Crippen LogP contribution in [0.1, 0.15) is 46.2 Å². The summed E-state index contributed by atoms with van der Waals surface area (Å²) in [4.78, 5) is 30.4. The zero-order valence-corrected chi connectivity index (χ0v) is 20.1. The number of carbonyl (C=O) groups excluding carboxylic acids is 2. The van der Waals surface area contributed by atoms with Crippen LogP contribution in [0.5, 0.6) is 0 Å². The molecule has 0 aliphatic rings. The first kappa shape index (κ1) is 24.8. The lowest BCUT2D eigenvalue weighted by atomic mass is 9.92. The molecule has 4 aromatic rings. The average molecular weight is 480 g/mol. The summed E-state index contributed by atoms with van der Waals surface area (Å²) >= 11 is 0. The van der Waals surface area contributed by atoms with E-state index in [1.54, 1.807) is 18.3 Å². The summed E-state index contributed by atoms with van der Waals surface area (Å²) in [5.74, 6) is -0.735. The third-order valence-electron chi connectivity index (χ3n) is 5.97. The molecule has 2 atom stereocenters. The van der Waals surface area contributed by atoms with Gasteiger partial charge in [-0.25, -0.2) is 4.79 Å². The normalized spacial score (nSPS) is 12.4. The maximum Gasteiger partial charge on any atom is 0.328 e. The number of nitrogens with two attached hydrogens (primary N) is 1. The minimum atomic E-state index is -1.01. The van der Waals surface area contributed by atoms with Crippen LogP contribution in [0.3, 0.4) is 0 Å². The van der Waals surface area contributed by atoms with Crippen LogP contribution in [-0.2, 0) is 16.0 Å². The van der Waals surface area contributed by atoms with Crippen molar-refractivity contribution >= 4 is 11.9 Å². The summed E-state index contributed by atoms with van der Waals surface area (Å²) in [6.45, 7) is 2.27. The van der Waals surface area contributed by atoms with E-state index in [9.17, 15) is 9.59 Å². The van der Waals surface area contributed by atoms with E-state index < -0.39 is 18.1 Å². The van der Waals surface area contributed by atoms with E-state index in [2.05, 4.69) is 10.3 Å². The molecule has 2 unspecified atom stereocenters. The molecule has 1 heterocycles.